The minimum Gasteiger partial charge on any atom is -0.398 e. The Hall–Kier alpha value is -1.03. The highest BCUT2D eigenvalue weighted by Gasteiger charge is 2.11. The summed E-state index contributed by atoms with van der Waals surface area (Å²) in [5.74, 6) is -0.430. The maximum atomic E-state index is 13.2. The highest BCUT2D eigenvalue weighted by Crippen LogP contribution is 2.25. The summed E-state index contributed by atoms with van der Waals surface area (Å²) in [5, 5.41) is 0. The molecule has 4 heteroatoms. The third-order valence-electron chi connectivity index (χ3n) is 1.95. The highest BCUT2D eigenvalue weighted by atomic mass is 32.2. The van der Waals surface area contributed by atoms with Gasteiger partial charge in [-0.3, -0.25) is 4.79 Å². The summed E-state index contributed by atoms with van der Waals surface area (Å²) in [6.45, 7) is 5.75. The van der Waals surface area contributed by atoms with Crippen molar-refractivity contribution in [3.05, 3.63) is 23.5 Å². The number of halogens is 1. The maximum absolute atomic E-state index is 13.2. The monoisotopic (exact) mass is 243 g/mol. The Balaban J connectivity index is 0.00000106. The molecule has 0 atom stereocenters. The van der Waals surface area contributed by atoms with Gasteiger partial charge >= 0.3 is 0 Å². The summed E-state index contributed by atoms with van der Waals surface area (Å²) in [7, 11) is 0. The molecule has 0 spiro atoms. The SMILES string of the molecule is CC.CCC(=O)c1cc(SC)c(F)cc1N. The standard InChI is InChI=1S/C10H12FNOS.C2H6/c1-3-9(13)6-4-10(14-2)7(11)5-8(6)12;1-2/h4-5H,3,12H2,1-2H3;1-2H3. The highest BCUT2D eigenvalue weighted by molar-refractivity contribution is 7.98. The zero-order chi connectivity index (χ0) is 12.7. The molecule has 2 N–H and O–H groups in total. The number of thioether (sulfide) groups is 1. The lowest BCUT2D eigenvalue weighted by atomic mass is 10.1. The second-order valence-corrected chi connectivity index (χ2v) is 3.70. The molecule has 0 aliphatic rings. The van der Waals surface area contributed by atoms with Crippen LogP contribution in [0.25, 0.3) is 0 Å². The molecule has 0 unspecified atom stereocenters. The van der Waals surface area contributed by atoms with E-state index in [2.05, 4.69) is 0 Å². The minimum atomic E-state index is -0.373. The Bertz CT molecular complexity index is 366. The molecule has 0 aromatic heterocycles. The first kappa shape index (κ1) is 15.0. The first-order valence-corrected chi connectivity index (χ1v) is 6.48. The Kier molecular flexibility index (Phi) is 6.81. The van der Waals surface area contributed by atoms with Gasteiger partial charge < -0.3 is 5.73 Å². The van der Waals surface area contributed by atoms with Gasteiger partial charge in [0.15, 0.2) is 5.78 Å². The fourth-order valence-electron chi connectivity index (χ4n) is 1.16. The first-order chi connectivity index (χ1) is 7.60. The fourth-order valence-corrected chi connectivity index (χ4v) is 1.65. The number of ketones is 1. The largest absolute Gasteiger partial charge is 0.398 e. The number of carbonyl (C=O) groups excluding carboxylic acids is 1. The Morgan fingerprint density at radius 2 is 2.00 bits per heavy atom. The molecule has 1 aromatic carbocycles. The number of hydrogen-bond acceptors (Lipinski definition) is 3. The van der Waals surface area contributed by atoms with Gasteiger partial charge in [-0.2, -0.15) is 0 Å². The molecule has 1 aromatic rings. The second-order valence-electron chi connectivity index (χ2n) is 2.85. The van der Waals surface area contributed by atoms with Crippen molar-refractivity contribution in [3.63, 3.8) is 0 Å². The molecule has 0 saturated heterocycles. The zero-order valence-electron chi connectivity index (χ0n) is 10.1. The maximum Gasteiger partial charge on any atom is 0.164 e. The number of nitrogen functional groups attached to an aromatic ring is 1. The molecule has 0 aliphatic carbocycles. The van der Waals surface area contributed by atoms with Gasteiger partial charge in [-0.1, -0.05) is 20.8 Å². The summed E-state index contributed by atoms with van der Waals surface area (Å²) in [6.07, 6.45) is 2.14. The van der Waals surface area contributed by atoms with E-state index in [0.717, 1.165) is 0 Å². The van der Waals surface area contributed by atoms with Crippen LogP contribution in [0.2, 0.25) is 0 Å². The number of anilines is 1. The Morgan fingerprint density at radius 1 is 1.44 bits per heavy atom. The van der Waals surface area contributed by atoms with E-state index in [4.69, 9.17) is 5.73 Å². The van der Waals surface area contributed by atoms with Crippen LogP contribution in [0.1, 0.15) is 37.6 Å². The van der Waals surface area contributed by atoms with Crippen LogP contribution in [-0.4, -0.2) is 12.0 Å². The van der Waals surface area contributed by atoms with E-state index in [1.54, 1.807) is 13.2 Å². The molecule has 0 amide bonds. The minimum absolute atomic E-state index is 0.0576. The van der Waals surface area contributed by atoms with Crippen LogP contribution < -0.4 is 5.73 Å². The van der Waals surface area contributed by atoms with Crippen molar-refractivity contribution < 1.29 is 9.18 Å². The van der Waals surface area contributed by atoms with E-state index in [9.17, 15) is 9.18 Å². The fraction of sp³-hybridized carbons (Fsp3) is 0.417. The van der Waals surface area contributed by atoms with Gasteiger partial charge in [-0.05, 0) is 18.4 Å². The summed E-state index contributed by atoms with van der Waals surface area (Å²) in [4.78, 5) is 11.9. The quantitative estimate of drug-likeness (QED) is 0.499. The van der Waals surface area contributed by atoms with Gasteiger partial charge in [0.1, 0.15) is 5.82 Å². The lowest BCUT2D eigenvalue weighted by molar-refractivity contribution is 0.0989. The van der Waals surface area contributed by atoms with E-state index in [1.807, 2.05) is 13.8 Å². The predicted octanol–water partition coefficient (Wildman–Crippen LogP) is 3.75. The average molecular weight is 243 g/mol. The van der Waals surface area contributed by atoms with Crippen LogP contribution >= 0.6 is 11.8 Å². The molecule has 2 nitrogen and oxygen atoms in total. The second kappa shape index (κ2) is 7.28. The van der Waals surface area contributed by atoms with Crippen LogP contribution in [0.4, 0.5) is 10.1 Å². The summed E-state index contributed by atoms with van der Waals surface area (Å²) in [5.41, 5.74) is 6.18. The molecule has 0 fully saturated rings. The van der Waals surface area contributed by atoms with E-state index in [0.29, 0.717) is 16.9 Å². The molecule has 1 rings (SSSR count). The number of carbonyl (C=O) groups is 1. The molecule has 0 heterocycles. The smallest absolute Gasteiger partial charge is 0.164 e. The molecule has 0 saturated carbocycles. The molecule has 0 aliphatic heterocycles. The lowest BCUT2D eigenvalue weighted by Gasteiger charge is -2.06. The van der Waals surface area contributed by atoms with E-state index in [-0.39, 0.29) is 17.3 Å². The van der Waals surface area contributed by atoms with Gasteiger partial charge in [0.2, 0.25) is 0 Å². The molecular formula is C12H18FNOS. The molecule has 0 bridgehead atoms. The Labute approximate surface area is 100 Å². The van der Waals surface area contributed by atoms with Crippen molar-refractivity contribution in [2.45, 2.75) is 32.1 Å². The van der Waals surface area contributed by atoms with Crippen molar-refractivity contribution in [1.82, 2.24) is 0 Å². The molecular weight excluding hydrogens is 225 g/mol. The van der Waals surface area contributed by atoms with Crippen molar-refractivity contribution in [2.75, 3.05) is 12.0 Å². The lowest BCUT2D eigenvalue weighted by Crippen LogP contribution is -2.03. The number of nitrogens with two attached hydrogens (primary N) is 1. The number of hydrogen-bond donors (Lipinski definition) is 1. The summed E-state index contributed by atoms with van der Waals surface area (Å²) >= 11 is 1.26. The van der Waals surface area contributed by atoms with Gasteiger partial charge in [0.05, 0.1) is 0 Å². The summed E-state index contributed by atoms with van der Waals surface area (Å²) in [6, 6.07) is 2.72. The van der Waals surface area contributed by atoms with Crippen molar-refractivity contribution in [1.29, 1.82) is 0 Å². The zero-order valence-corrected chi connectivity index (χ0v) is 11.0. The van der Waals surface area contributed by atoms with Crippen LogP contribution in [0.5, 0.6) is 0 Å². The van der Waals surface area contributed by atoms with Gasteiger partial charge in [-0.25, -0.2) is 4.39 Å². The number of Topliss-reactive ketones (excluding diaryl/α,β-unsaturated/α-hetero) is 1. The van der Waals surface area contributed by atoms with E-state index in [1.165, 1.54) is 23.9 Å². The number of rotatable bonds is 3. The van der Waals surface area contributed by atoms with Crippen molar-refractivity contribution in [3.8, 4) is 0 Å². The molecule has 0 radical (unpaired) electrons. The predicted molar refractivity (Wildman–Crippen MR) is 68.6 cm³/mol. The van der Waals surface area contributed by atoms with Gasteiger partial charge in [0, 0.05) is 22.6 Å². The third-order valence-corrected chi connectivity index (χ3v) is 2.70. The Morgan fingerprint density at radius 3 is 2.44 bits per heavy atom. The van der Waals surface area contributed by atoms with Crippen LogP contribution in [0, 0.1) is 5.82 Å². The normalized spacial score (nSPS) is 9.31. The summed E-state index contributed by atoms with van der Waals surface area (Å²) < 4.78 is 13.2. The van der Waals surface area contributed by atoms with Crippen LogP contribution in [-0.2, 0) is 0 Å². The van der Waals surface area contributed by atoms with E-state index < -0.39 is 0 Å². The van der Waals surface area contributed by atoms with E-state index >= 15 is 0 Å². The number of benzene rings is 1. The topological polar surface area (TPSA) is 43.1 Å². The average Bonchev–Trinajstić information content (AvgIpc) is 2.31. The molecule has 90 valence electrons. The van der Waals surface area contributed by atoms with Crippen LogP contribution in [0.15, 0.2) is 17.0 Å². The van der Waals surface area contributed by atoms with Crippen LogP contribution in [0.3, 0.4) is 0 Å². The van der Waals surface area contributed by atoms with Crippen molar-refractivity contribution >= 4 is 23.2 Å². The van der Waals surface area contributed by atoms with Crippen molar-refractivity contribution in [2.24, 2.45) is 0 Å². The van der Waals surface area contributed by atoms with Gasteiger partial charge in [0.25, 0.3) is 0 Å². The van der Waals surface area contributed by atoms with Gasteiger partial charge in [-0.15, -0.1) is 11.8 Å². The first-order valence-electron chi connectivity index (χ1n) is 5.26. The molecule has 16 heavy (non-hydrogen) atoms. The third kappa shape index (κ3) is 3.52.